The number of anilines is 1. The molecule has 0 spiro atoms. The van der Waals surface area contributed by atoms with E-state index in [1.165, 1.54) is 0 Å². The molecule has 2 aromatic carbocycles. The highest BCUT2D eigenvalue weighted by molar-refractivity contribution is 6.36. The predicted molar refractivity (Wildman–Crippen MR) is 149 cm³/mol. The summed E-state index contributed by atoms with van der Waals surface area (Å²) >= 11 is 12.4. The number of hydrogen-bond acceptors (Lipinski definition) is 5. The van der Waals surface area contributed by atoms with E-state index in [-0.39, 0.29) is 24.7 Å². The highest BCUT2D eigenvalue weighted by Crippen LogP contribution is 2.32. The molecule has 0 aliphatic heterocycles. The van der Waals surface area contributed by atoms with Crippen LogP contribution in [-0.4, -0.2) is 34.5 Å². The number of hydrogen-bond donors (Lipinski definition) is 2. The second-order valence-electron chi connectivity index (χ2n) is 9.44. The number of benzene rings is 2. The quantitative estimate of drug-likeness (QED) is 0.215. The number of carboxylic acid groups (broad SMARTS) is 1. The van der Waals surface area contributed by atoms with E-state index >= 15 is 0 Å². The van der Waals surface area contributed by atoms with Gasteiger partial charge in [-0.1, -0.05) is 43.1 Å². The summed E-state index contributed by atoms with van der Waals surface area (Å²) in [5.41, 5.74) is 4.05. The third-order valence-electron chi connectivity index (χ3n) is 5.84. The van der Waals surface area contributed by atoms with Crippen molar-refractivity contribution in [2.24, 2.45) is 5.92 Å². The summed E-state index contributed by atoms with van der Waals surface area (Å²) in [4.78, 5) is 27.6. The maximum absolute atomic E-state index is 12.3. The average Bonchev–Trinajstić information content (AvgIpc) is 2.83. The molecule has 0 aliphatic carbocycles. The maximum atomic E-state index is 12.3. The molecule has 8 heteroatoms. The van der Waals surface area contributed by atoms with Crippen LogP contribution in [0.15, 0.2) is 54.6 Å². The van der Waals surface area contributed by atoms with Crippen LogP contribution < -0.4 is 10.1 Å². The summed E-state index contributed by atoms with van der Waals surface area (Å²) in [5.74, 6) is 0.0298. The number of aliphatic carboxylic acids is 1. The molecule has 3 aromatic rings. The van der Waals surface area contributed by atoms with E-state index in [0.717, 1.165) is 28.9 Å². The van der Waals surface area contributed by atoms with Crippen LogP contribution in [0.1, 0.15) is 55.6 Å². The number of halogens is 2. The van der Waals surface area contributed by atoms with Crippen molar-refractivity contribution < 1.29 is 19.4 Å². The van der Waals surface area contributed by atoms with Crippen LogP contribution in [-0.2, 0) is 4.79 Å². The van der Waals surface area contributed by atoms with E-state index < -0.39 is 5.97 Å². The molecule has 1 aromatic heterocycles. The van der Waals surface area contributed by atoms with Gasteiger partial charge in [-0.15, -0.1) is 0 Å². The van der Waals surface area contributed by atoms with Crippen molar-refractivity contribution in [2.45, 2.75) is 52.5 Å². The van der Waals surface area contributed by atoms with Gasteiger partial charge in [-0.2, -0.15) is 0 Å². The lowest BCUT2D eigenvalue weighted by Gasteiger charge is -2.22. The van der Waals surface area contributed by atoms with Crippen LogP contribution in [0.3, 0.4) is 0 Å². The van der Waals surface area contributed by atoms with Gasteiger partial charge in [0.15, 0.2) is 5.78 Å². The van der Waals surface area contributed by atoms with Crippen molar-refractivity contribution in [3.8, 4) is 17.0 Å². The molecule has 0 aliphatic rings. The molecule has 0 amide bonds. The maximum Gasteiger partial charge on any atom is 0.303 e. The third kappa shape index (κ3) is 8.76. The molecule has 0 radical (unpaired) electrons. The number of nitrogens with one attached hydrogen (secondary N) is 1. The lowest BCUT2D eigenvalue weighted by molar-refractivity contribution is -0.137. The Labute approximate surface area is 228 Å². The summed E-state index contributed by atoms with van der Waals surface area (Å²) in [7, 11) is 0. The van der Waals surface area contributed by atoms with Crippen molar-refractivity contribution in [3.63, 3.8) is 0 Å². The standard InChI is InChI=1S/C29H32Cl2N2O4/c1-18(2)15-23(33-22-10-7-20(8-11-22)27(34)5-4-6-29(35)36)17-37-28-14-13-24(19(3)32-28)25-12-9-21(30)16-26(25)31/h7-14,16,18,23,33H,4-6,15,17H2,1-3H3,(H,35,36)/t23-/m0/s1. The Morgan fingerprint density at radius 3 is 2.32 bits per heavy atom. The molecule has 0 saturated heterocycles. The summed E-state index contributed by atoms with van der Waals surface area (Å²) in [6, 6.07) is 16.5. The van der Waals surface area contributed by atoms with E-state index in [2.05, 4.69) is 24.1 Å². The van der Waals surface area contributed by atoms with Gasteiger partial charge in [0.2, 0.25) is 5.88 Å². The Morgan fingerprint density at radius 2 is 1.70 bits per heavy atom. The number of ether oxygens (including phenoxy) is 1. The average molecular weight is 543 g/mol. The molecule has 2 N–H and O–H groups in total. The first kappa shape index (κ1) is 28.5. The number of aromatic nitrogens is 1. The van der Waals surface area contributed by atoms with Gasteiger partial charge < -0.3 is 15.2 Å². The van der Waals surface area contributed by atoms with Crippen LogP contribution >= 0.6 is 23.2 Å². The molecule has 196 valence electrons. The number of carbonyl (C=O) groups is 2. The van der Waals surface area contributed by atoms with Crippen molar-refractivity contribution in [1.29, 1.82) is 0 Å². The van der Waals surface area contributed by atoms with Gasteiger partial charge in [-0.3, -0.25) is 9.59 Å². The molecule has 37 heavy (non-hydrogen) atoms. The minimum atomic E-state index is -0.891. The van der Waals surface area contributed by atoms with E-state index in [9.17, 15) is 9.59 Å². The lowest BCUT2D eigenvalue weighted by Crippen LogP contribution is -2.29. The highest BCUT2D eigenvalue weighted by Gasteiger charge is 2.15. The molecular weight excluding hydrogens is 511 g/mol. The van der Waals surface area contributed by atoms with Gasteiger partial charge in [-0.05, 0) is 68.1 Å². The van der Waals surface area contributed by atoms with Crippen molar-refractivity contribution >= 4 is 40.6 Å². The first-order valence-electron chi connectivity index (χ1n) is 12.3. The molecule has 3 rings (SSSR count). The smallest absolute Gasteiger partial charge is 0.303 e. The van der Waals surface area contributed by atoms with E-state index in [0.29, 0.717) is 40.4 Å². The second kappa shape index (κ2) is 13.5. The Bertz CT molecular complexity index is 1230. The molecule has 1 atom stereocenters. The van der Waals surface area contributed by atoms with Gasteiger partial charge in [0.1, 0.15) is 6.61 Å². The number of ketones is 1. The van der Waals surface area contributed by atoms with Crippen LogP contribution in [0, 0.1) is 12.8 Å². The second-order valence-corrected chi connectivity index (χ2v) is 10.3. The minimum Gasteiger partial charge on any atom is -0.481 e. The van der Waals surface area contributed by atoms with Gasteiger partial charge in [0.05, 0.1) is 6.04 Å². The Hall–Kier alpha value is -3.09. The molecular formula is C29H32Cl2N2O4. The number of nitrogens with zero attached hydrogens (tertiary/aromatic N) is 1. The van der Waals surface area contributed by atoms with E-state index in [1.54, 1.807) is 24.3 Å². The predicted octanol–water partition coefficient (Wildman–Crippen LogP) is 7.71. The molecule has 0 bridgehead atoms. The molecule has 0 unspecified atom stereocenters. The number of pyridine rings is 1. The SMILES string of the molecule is Cc1nc(OC[C@H](CC(C)C)Nc2ccc(C(=O)CCCC(=O)O)cc2)ccc1-c1ccc(Cl)cc1Cl. The van der Waals surface area contributed by atoms with E-state index in [4.69, 9.17) is 33.0 Å². The van der Waals surface area contributed by atoms with E-state index in [1.807, 2.05) is 37.3 Å². The van der Waals surface area contributed by atoms with Crippen LogP contribution in [0.5, 0.6) is 5.88 Å². The minimum absolute atomic E-state index is 0.00571. The summed E-state index contributed by atoms with van der Waals surface area (Å²) in [6.07, 6.45) is 1.43. The molecule has 0 saturated carbocycles. The van der Waals surface area contributed by atoms with Crippen LogP contribution in [0.4, 0.5) is 5.69 Å². The molecule has 6 nitrogen and oxygen atoms in total. The Balaban J connectivity index is 1.63. The first-order chi connectivity index (χ1) is 17.6. The number of Topliss-reactive ketones (excluding diaryl/α,β-unsaturated/α-hetero) is 1. The first-order valence-corrected chi connectivity index (χ1v) is 13.1. The number of aryl methyl sites for hydroxylation is 1. The zero-order valence-corrected chi connectivity index (χ0v) is 22.8. The van der Waals surface area contributed by atoms with Gasteiger partial charge in [0, 0.05) is 57.0 Å². The van der Waals surface area contributed by atoms with Crippen LogP contribution in [0.25, 0.3) is 11.1 Å². The van der Waals surface area contributed by atoms with Gasteiger partial charge >= 0.3 is 5.97 Å². The van der Waals surface area contributed by atoms with Crippen LogP contribution in [0.2, 0.25) is 10.0 Å². The Kier molecular flexibility index (Phi) is 10.4. The third-order valence-corrected chi connectivity index (χ3v) is 6.39. The zero-order chi connectivity index (χ0) is 26.9. The normalized spacial score (nSPS) is 11.8. The van der Waals surface area contributed by atoms with Crippen molar-refractivity contribution in [1.82, 2.24) is 4.98 Å². The zero-order valence-electron chi connectivity index (χ0n) is 21.3. The topological polar surface area (TPSA) is 88.5 Å². The Morgan fingerprint density at radius 1 is 1.00 bits per heavy atom. The molecule has 0 fully saturated rings. The number of rotatable bonds is 13. The van der Waals surface area contributed by atoms with Crippen molar-refractivity contribution in [3.05, 3.63) is 75.9 Å². The summed E-state index contributed by atoms with van der Waals surface area (Å²) < 4.78 is 6.06. The van der Waals surface area contributed by atoms with Gasteiger partial charge in [-0.25, -0.2) is 4.98 Å². The lowest BCUT2D eigenvalue weighted by atomic mass is 10.0. The highest BCUT2D eigenvalue weighted by atomic mass is 35.5. The fourth-order valence-electron chi connectivity index (χ4n) is 4.07. The monoisotopic (exact) mass is 542 g/mol. The number of carbonyl (C=O) groups excluding carboxylic acids is 1. The van der Waals surface area contributed by atoms with Gasteiger partial charge in [0.25, 0.3) is 0 Å². The summed E-state index contributed by atoms with van der Waals surface area (Å²) in [5, 5.41) is 13.4. The molecule has 1 heterocycles. The fourth-order valence-corrected chi connectivity index (χ4v) is 4.58. The van der Waals surface area contributed by atoms with Crippen molar-refractivity contribution in [2.75, 3.05) is 11.9 Å². The summed E-state index contributed by atoms with van der Waals surface area (Å²) in [6.45, 7) is 6.64. The number of carboxylic acids is 1. The fraction of sp³-hybridized carbons (Fsp3) is 0.345. The largest absolute Gasteiger partial charge is 0.481 e.